The summed E-state index contributed by atoms with van der Waals surface area (Å²) in [6.07, 6.45) is 5.01. The van der Waals surface area contributed by atoms with Crippen molar-refractivity contribution in [3.8, 4) is 0 Å². The van der Waals surface area contributed by atoms with Crippen LogP contribution in [0.25, 0.3) is 0 Å². The van der Waals surface area contributed by atoms with Gasteiger partial charge in [0.05, 0.1) is 5.56 Å². The number of carboxylic acids is 1. The van der Waals surface area contributed by atoms with Gasteiger partial charge in [-0.1, -0.05) is 31.4 Å². The molecule has 0 aliphatic heterocycles. The van der Waals surface area contributed by atoms with Gasteiger partial charge in [-0.15, -0.1) is 0 Å². The maximum absolute atomic E-state index is 12.2. The second-order valence-corrected chi connectivity index (χ2v) is 6.33. The van der Waals surface area contributed by atoms with E-state index in [0.29, 0.717) is 5.56 Å². The zero-order valence-electron chi connectivity index (χ0n) is 11.1. The summed E-state index contributed by atoms with van der Waals surface area (Å²) in [7, 11) is 0. The molecule has 2 rings (SSSR count). The van der Waals surface area contributed by atoms with E-state index in [1.807, 2.05) is 12.1 Å². The van der Waals surface area contributed by atoms with Gasteiger partial charge < -0.3 is 10.4 Å². The third kappa shape index (κ3) is 3.71. The van der Waals surface area contributed by atoms with Crippen molar-refractivity contribution in [1.29, 1.82) is 0 Å². The van der Waals surface area contributed by atoms with E-state index in [1.165, 1.54) is 0 Å². The fourth-order valence-corrected chi connectivity index (χ4v) is 3.35. The Morgan fingerprint density at radius 1 is 1.20 bits per heavy atom. The lowest BCUT2D eigenvalue weighted by Gasteiger charge is -2.28. The summed E-state index contributed by atoms with van der Waals surface area (Å²) in [6.45, 7) is 0. The van der Waals surface area contributed by atoms with Gasteiger partial charge in [0.15, 0.2) is 0 Å². The first-order valence-electron chi connectivity index (χ1n) is 6.88. The summed E-state index contributed by atoms with van der Waals surface area (Å²) in [5, 5.41) is 12.1. The van der Waals surface area contributed by atoms with Crippen LogP contribution in [0, 0.1) is 9.49 Å². The van der Waals surface area contributed by atoms with Crippen LogP contribution in [0.15, 0.2) is 24.3 Å². The predicted octanol–water partition coefficient (Wildman–Crippen LogP) is 3.05. The number of hydrogen-bond acceptors (Lipinski definition) is 2. The number of amides is 1. The number of aliphatic carboxylic acids is 1. The Kier molecular flexibility index (Phi) is 5.39. The Morgan fingerprint density at radius 3 is 2.45 bits per heavy atom. The lowest BCUT2D eigenvalue weighted by atomic mass is 9.84. The second-order valence-electron chi connectivity index (χ2n) is 5.17. The minimum absolute atomic E-state index is 0.0478. The molecule has 1 fully saturated rings. The van der Waals surface area contributed by atoms with E-state index in [9.17, 15) is 14.7 Å². The number of halogens is 1. The number of carbonyl (C=O) groups is 2. The van der Waals surface area contributed by atoms with Gasteiger partial charge in [0.1, 0.15) is 6.04 Å². The molecule has 1 aromatic carbocycles. The standard InChI is InChI=1S/C15H18INO3/c16-12-9-5-4-8-11(12)14(18)17-13(15(19)20)10-6-2-1-3-7-10/h4-5,8-10,13H,1-3,6-7H2,(H,17,18)(H,19,20). The van der Waals surface area contributed by atoms with Crippen LogP contribution in [0.2, 0.25) is 0 Å². The highest BCUT2D eigenvalue weighted by atomic mass is 127. The van der Waals surface area contributed by atoms with Crippen molar-refractivity contribution in [2.45, 2.75) is 38.1 Å². The number of rotatable bonds is 4. The third-order valence-electron chi connectivity index (χ3n) is 3.79. The second kappa shape index (κ2) is 7.06. The Balaban J connectivity index is 2.10. The van der Waals surface area contributed by atoms with Crippen LogP contribution >= 0.6 is 22.6 Å². The molecule has 0 saturated heterocycles. The summed E-state index contributed by atoms with van der Waals surface area (Å²) in [5.74, 6) is -1.18. The highest BCUT2D eigenvalue weighted by Gasteiger charge is 2.31. The zero-order chi connectivity index (χ0) is 14.5. The zero-order valence-corrected chi connectivity index (χ0v) is 13.3. The summed E-state index contributed by atoms with van der Waals surface area (Å²) >= 11 is 2.09. The Morgan fingerprint density at radius 2 is 1.85 bits per heavy atom. The molecule has 2 N–H and O–H groups in total. The van der Waals surface area contributed by atoms with Gasteiger partial charge in [0.25, 0.3) is 5.91 Å². The van der Waals surface area contributed by atoms with Crippen LogP contribution in [0.5, 0.6) is 0 Å². The summed E-state index contributed by atoms with van der Waals surface area (Å²) in [4.78, 5) is 23.7. The van der Waals surface area contributed by atoms with Crippen molar-refractivity contribution in [2.75, 3.05) is 0 Å². The molecule has 0 heterocycles. The lowest BCUT2D eigenvalue weighted by Crippen LogP contribution is -2.46. The van der Waals surface area contributed by atoms with Crippen molar-refractivity contribution in [3.05, 3.63) is 33.4 Å². The molecule has 1 aliphatic carbocycles. The Hall–Kier alpha value is -1.11. The van der Waals surface area contributed by atoms with Gasteiger partial charge in [-0.3, -0.25) is 4.79 Å². The number of benzene rings is 1. The Bertz CT molecular complexity index is 498. The van der Waals surface area contributed by atoms with Crippen LogP contribution in [0.1, 0.15) is 42.5 Å². The average Bonchev–Trinajstić information content (AvgIpc) is 2.45. The van der Waals surface area contributed by atoms with Crippen LogP contribution in [-0.4, -0.2) is 23.0 Å². The molecular weight excluding hydrogens is 369 g/mol. The molecular formula is C15H18INO3. The highest BCUT2D eigenvalue weighted by molar-refractivity contribution is 14.1. The van der Waals surface area contributed by atoms with Gasteiger partial charge in [-0.2, -0.15) is 0 Å². The number of carbonyl (C=O) groups excluding carboxylic acids is 1. The summed E-state index contributed by atoms with van der Waals surface area (Å²) < 4.78 is 0.829. The van der Waals surface area contributed by atoms with Gasteiger partial charge in [-0.05, 0) is 53.5 Å². The molecule has 20 heavy (non-hydrogen) atoms. The molecule has 0 aromatic heterocycles. The quantitative estimate of drug-likeness (QED) is 0.781. The number of carboxylic acid groups (broad SMARTS) is 1. The molecule has 1 unspecified atom stereocenters. The van der Waals surface area contributed by atoms with Crippen molar-refractivity contribution >= 4 is 34.5 Å². The first-order valence-corrected chi connectivity index (χ1v) is 7.95. The van der Waals surface area contributed by atoms with E-state index in [4.69, 9.17) is 0 Å². The van der Waals surface area contributed by atoms with E-state index in [1.54, 1.807) is 12.1 Å². The molecule has 1 aromatic rings. The van der Waals surface area contributed by atoms with E-state index in [2.05, 4.69) is 27.9 Å². The van der Waals surface area contributed by atoms with E-state index in [-0.39, 0.29) is 11.8 Å². The fraction of sp³-hybridized carbons (Fsp3) is 0.467. The molecule has 1 saturated carbocycles. The number of hydrogen-bond donors (Lipinski definition) is 2. The maximum Gasteiger partial charge on any atom is 0.326 e. The van der Waals surface area contributed by atoms with Crippen LogP contribution in [0.4, 0.5) is 0 Å². The first kappa shape index (κ1) is 15.3. The van der Waals surface area contributed by atoms with E-state index < -0.39 is 12.0 Å². The van der Waals surface area contributed by atoms with Crippen molar-refractivity contribution in [3.63, 3.8) is 0 Å². The molecule has 1 atom stereocenters. The topological polar surface area (TPSA) is 66.4 Å². The van der Waals surface area contributed by atoms with Crippen LogP contribution < -0.4 is 5.32 Å². The maximum atomic E-state index is 12.2. The molecule has 1 aliphatic rings. The molecule has 0 bridgehead atoms. The number of nitrogens with one attached hydrogen (secondary N) is 1. The van der Waals surface area contributed by atoms with Gasteiger partial charge in [-0.25, -0.2) is 4.79 Å². The minimum atomic E-state index is -0.934. The van der Waals surface area contributed by atoms with E-state index >= 15 is 0 Å². The fourth-order valence-electron chi connectivity index (χ4n) is 2.71. The molecule has 0 radical (unpaired) electrons. The largest absolute Gasteiger partial charge is 0.480 e. The Labute approximate surface area is 132 Å². The lowest BCUT2D eigenvalue weighted by molar-refractivity contribution is -0.141. The third-order valence-corrected chi connectivity index (χ3v) is 4.73. The SMILES string of the molecule is O=C(NC(C(=O)O)C1CCCCC1)c1ccccc1I. The van der Waals surface area contributed by atoms with Crippen LogP contribution in [-0.2, 0) is 4.79 Å². The van der Waals surface area contributed by atoms with E-state index in [0.717, 1.165) is 35.7 Å². The average molecular weight is 387 g/mol. The van der Waals surface area contributed by atoms with Crippen molar-refractivity contribution in [2.24, 2.45) is 5.92 Å². The molecule has 108 valence electrons. The van der Waals surface area contributed by atoms with Crippen molar-refractivity contribution in [1.82, 2.24) is 5.32 Å². The molecule has 5 heteroatoms. The van der Waals surface area contributed by atoms with Gasteiger partial charge in [0, 0.05) is 3.57 Å². The predicted molar refractivity (Wildman–Crippen MR) is 84.6 cm³/mol. The summed E-state index contributed by atoms with van der Waals surface area (Å²) in [5.41, 5.74) is 0.537. The first-order chi connectivity index (χ1) is 9.59. The monoisotopic (exact) mass is 387 g/mol. The van der Waals surface area contributed by atoms with Gasteiger partial charge >= 0.3 is 5.97 Å². The highest BCUT2D eigenvalue weighted by Crippen LogP contribution is 2.27. The summed E-state index contributed by atoms with van der Waals surface area (Å²) in [6, 6.07) is 6.42. The van der Waals surface area contributed by atoms with Crippen molar-refractivity contribution < 1.29 is 14.7 Å². The van der Waals surface area contributed by atoms with Gasteiger partial charge in [0.2, 0.25) is 0 Å². The smallest absolute Gasteiger partial charge is 0.326 e. The minimum Gasteiger partial charge on any atom is -0.480 e. The molecule has 1 amide bonds. The molecule has 0 spiro atoms. The normalized spacial score (nSPS) is 17.4. The molecule has 4 nitrogen and oxygen atoms in total. The van der Waals surface area contributed by atoms with Crippen LogP contribution in [0.3, 0.4) is 0 Å².